The number of methoxy groups -OCH3 is 1. The van der Waals surface area contributed by atoms with Gasteiger partial charge >= 0.3 is 12.1 Å². The Labute approximate surface area is 96.8 Å². The molecule has 0 aromatic carbocycles. The molecule has 0 saturated heterocycles. The molecule has 10 heteroatoms. The van der Waals surface area contributed by atoms with Crippen LogP contribution < -0.4 is 0 Å². The van der Waals surface area contributed by atoms with Gasteiger partial charge in [0.1, 0.15) is 0 Å². The highest BCUT2D eigenvalue weighted by Crippen LogP contribution is 2.30. The van der Waals surface area contributed by atoms with Crippen molar-refractivity contribution in [2.24, 2.45) is 0 Å². The Morgan fingerprint density at radius 2 is 2.11 bits per heavy atom. The average molecular weight is 262 g/mol. The Bertz CT molecular complexity index is 622. The van der Waals surface area contributed by atoms with Crippen molar-refractivity contribution in [1.82, 2.24) is 19.6 Å². The summed E-state index contributed by atoms with van der Waals surface area (Å²) in [7, 11) is 1.03. The molecule has 96 valence electrons. The normalized spacial score (nSPS) is 11.8. The molecule has 0 fully saturated rings. The molecule has 18 heavy (non-hydrogen) atoms. The highest BCUT2D eigenvalue weighted by atomic mass is 19.4. The van der Waals surface area contributed by atoms with Crippen LogP contribution in [0.5, 0.6) is 5.88 Å². The predicted octanol–water partition coefficient (Wildman–Crippen LogP) is 0.635. The largest absolute Gasteiger partial charge is 0.493 e. The van der Waals surface area contributed by atoms with Crippen LogP contribution in [0.4, 0.5) is 13.2 Å². The minimum Gasteiger partial charge on any atom is -0.493 e. The summed E-state index contributed by atoms with van der Waals surface area (Å²) in [5, 5.41) is 12.4. The third-order valence-electron chi connectivity index (χ3n) is 1.96. The number of esters is 1. The van der Waals surface area contributed by atoms with Crippen molar-refractivity contribution < 1.29 is 27.8 Å². The van der Waals surface area contributed by atoms with Gasteiger partial charge in [-0.3, -0.25) is 0 Å². The quantitative estimate of drug-likeness (QED) is 0.758. The van der Waals surface area contributed by atoms with Gasteiger partial charge in [-0.2, -0.15) is 27.7 Å². The van der Waals surface area contributed by atoms with Crippen LogP contribution in [0.25, 0.3) is 5.78 Å². The van der Waals surface area contributed by atoms with Crippen molar-refractivity contribution >= 4 is 11.7 Å². The fourth-order valence-electron chi connectivity index (χ4n) is 1.24. The Hall–Kier alpha value is -2.39. The minimum atomic E-state index is -4.78. The Morgan fingerprint density at radius 3 is 2.67 bits per heavy atom. The van der Waals surface area contributed by atoms with E-state index < -0.39 is 35.3 Å². The number of carbonyl (C=O) groups excluding carboxylic acids is 1. The van der Waals surface area contributed by atoms with Crippen LogP contribution in [0.2, 0.25) is 0 Å². The summed E-state index contributed by atoms with van der Waals surface area (Å²) in [5.41, 5.74) is -1.30. The van der Waals surface area contributed by atoms with Crippen LogP contribution in [0, 0.1) is 0 Å². The molecule has 0 saturated carbocycles. The molecule has 0 aliphatic heterocycles. The van der Waals surface area contributed by atoms with Gasteiger partial charge in [0.2, 0.25) is 5.88 Å². The monoisotopic (exact) mass is 262 g/mol. The lowest BCUT2D eigenvalue weighted by atomic mass is 10.4. The van der Waals surface area contributed by atoms with Crippen molar-refractivity contribution in [3.63, 3.8) is 0 Å². The molecule has 0 amide bonds. The molecule has 2 heterocycles. The molecule has 2 rings (SSSR count). The van der Waals surface area contributed by atoms with Gasteiger partial charge in [-0.15, -0.1) is 5.10 Å². The topological polar surface area (TPSA) is 89.6 Å². The molecule has 2 aromatic heterocycles. The number of ether oxygens (including phenoxy) is 1. The molecule has 0 radical (unpaired) electrons. The number of rotatable bonds is 1. The lowest BCUT2D eigenvalue weighted by molar-refractivity contribution is -0.142. The van der Waals surface area contributed by atoms with E-state index in [1.807, 2.05) is 0 Å². The molecular formula is C8H5F3N4O3. The van der Waals surface area contributed by atoms with Gasteiger partial charge in [-0.05, 0) is 0 Å². The highest BCUT2D eigenvalue weighted by Gasteiger charge is 2.36. The second-order valence-electron chi connectivity index (χ2n) is 3.14. The maximum absolute atomic E-state index is 12.6. The summed E-state index contributed by atoms with van der Waals surface area (Å²) in [5.74, 6) is -3.02. The average Bonchev–Trinajstić information content (AvgIpc) is 2.68. The van der Waals surface area contributed by atoms with Crippen molar-refractivity contribution in [3.05, 3.63) is 17.6 Å². The molecular weight excluding hydrogens is 257 g/mol. The molecule has 0 atom stereocenters. The number of fused-ring (bicyclic) bond motifs is 1. The van der Waals surface area contributed by atoms with E-state index in [1.54, 1.807) is 0 Å². The van der Waals surface area contributed by atoms with Gasteiger partial charge in [0.25, 0.3) is 11.6 Å². The zero-order valence-electron chi connectivity index (χ0n) is 8.76. The first kappa shape index (κ1) is 12.1. The smallest absolute Gasteiger partial charge is 0.433 e. The SMILES string of the molecule is COC(=O)c1nc2nc(O)cc(C(F)(F)F)n2n1. The van der Waals surface area contributed by atoms with Crippen LogP contribution in [0.1, 0.15) is 16.3 Å². The summed E-state index contributed by atoms with van der Waals surface area (Å²) in [4.78, 5) is 17.8. The van der Waals surface area contributed by atoms with E-state index in [4.69, 9.17) is 5.11 Å². The zero-order valence-corrected chi connectivity index (χ0v) is 8.76. The van der Waals surface area contributed by atoms with Crippen molar-refractivity contribution in [3.8, 4) is 5.88 Å². The lowest BCUT2D eigenvalue weighted by Gasteiger charge is -2.07. The highest BCUT2D eigenvalue weighted by molar-refractivity contribution is 5.85. The maximum atomic E-state index is 12.6. The Balaban J connectivity index is 2.72. The molecule has 0 aliphatic carbocycles. The number of halogens is 3. The van der Waals surface area contributed by atoms with E-state index in [0.29, 0.717) is 10.6 Å². The van der Waals surface area contributed by atoms with Crippen molar-refractivity contribution in [2.45, 2.75) is 6.18 Å². The number of carbonyl (C=O) groups is 1. The van der Waals surface area contributed by atoms with E-state index in [9.17, 15) is 18.0 Å². The number of aromatic hydroxyl groups is 1. The fraction of sp³-hybridized carbons (Fsp3) is 0.250. The number of aromatic nitrogens is 4. The molecule has 0 spiro atoms. The Kier molecular flexibility index (Phi) is 2.56. The van der Waals surface area contributed by atoms with Crippen molar-refractivity contribution in [2.75, 3.05) is 7.11 Å². The van der Waals surface area contributed by atoms with Gasteiger partial charge in [-0.25, -0.2) is 4.79 Å². The number of nitrogens with zero attached hydrogens (tertiary/aromatic N) is 4. The van der Waals surface area contributed by atoms with E-state index in [1.165, 1.54) is 0 Å². The molecule has 2 aromatic rings. The first-order valence-corrected chi connectivity index (χ1v) is 4.45. The molecule has 7 nitrogen and oxygen atoms in total. The number of alkyl halides is 3. The Morgan fingerprint density at radius 1 is 1.44 bits per heavy atom. The first-order chi connectivity index (χ1) is 8.32. The maximum Gasteiger partial charge on any atom is 0.433 e. The second kappa shape index (κ2) is 3.82. The standard InChI is InChI=1S/C8H5F3N4O3/c1-18-6(17)5-13-7-12-4(16)2-3(8(9,10)11)15(7)14-5/h2H,1H3,(H,12,13,14,16). The van der Waals surface area contributed by atoms with E-state index in [2.05, 4.69) is 19.8 Å². The van der Waals surface area contributed by atoms with Crippen LogP contribution in [-0.2, 0) is 10.9 Å². The minimum absolute atomic E-state index is 0.311. The fourth-order valence-corrected chi connectivity index (χ4v) is 1.24. The van der Waals surface area contributed by atoms with Crippen LogP contribution in [0.3, 0.4) is 0 Å². The van der Waals surface area contributed by atoms with Gasteiger partial charge in [0, 0.05) is 6.07 Å². The van der Waals surface area contributed by atoms with E-state index in [-0.39, 0.29) is 0 Å². The summed E-state index contributed by atoms with van der Waals surface area (Å²) in [6, 6.07) is 0.378. The molecule has 1 N–H and O–H groups in total. The zero-order chi connectivity index (χ0) is 13.5. The third kappa shape index (κ3) is 1.92. The van der Waals surface area contributed by atoms with Crippen LogP contribution in [0.15, 0.2) is 6.07 Å². The van der Waals surface area contributed by atoms with Crippen molar-refractivity contribution in [1.29, 1.82) is 0 Å². The third-order valence-corrected chi connectivity index (χ3v) is 1.96. The first-order valence-electron chi connectivity index (χ1n) is 4.45. The lowest BCUT2D eigenvalue weighted by Crippen LogP contribution is -2.13. The molecule has 0 aliphatic rings. The number of hydrogen-bond acceptors (Lipinski definition) is 6. The van der Waals surface area contributed by atoms with E-state index in [0.717, 1.165) is 7.11 Å². The number of hydrogen-bond donors (Lipinski definition) is 1. The van der Waals surface area contributed by atoms with Gasteiger partial charge < -0.3 is 9.84 Å². The van der Waals surface area contributed by atoms with Crippen LogP contribution in [-0.4, -0.2) is 37.8 Å². The molecule has 0 unspecified atom stereocenters. The summed E-state index contributed by atoms with van der Waals surface area (Å²) >= 11 is 0. The summed E-state index contributed by atoms with van der Waals surface area (Å²) in [6.45, 7) is 0. The van der Waals surface area contributed by atoms with Gasteiger partial charge in [-0.1, -0.05) is 0 Å². The second-order valence-corrected chi connectivity index (χ2v) is 3.14. The van der Waals surface area contributed by atoms with Gasteiger partial charge in [0.15, 0.2) is 5.69 Å². The summed E-state index contributed by atoms with van der Waals surface area (Å²) < 4.78 is 42.5. The van der Waals surface area contributed by atoms with E-state index >= 15 is 0 Å². The van der Waals surface area contributed by atoms with Gasteiger partial charge in [0.05, 0.1) is 7.11 Å². The van der Waals surface area contributed by atoms with Crippen LogP contribution >= 0.6 is 0 Å². The molecule has 0 bridgehead atoms. The predicted molar refractivity (Wildman–Crippen MR) is 48.8 cm³/mol. The summed E-state index contributed by atoms with van der Waals surface area (Å²) in [6.07, 6.45) is -4.78.